The lowest BCUT2D eigenvalue weighted by atomic mass is 10.1. The van der Waals surface area contributed by atoms with Crippen LogP contribution in [0.25, 0.3) is 0 Å². The van der Waals surface area contributed by atoms with Gasteiger partial charge in [-0.25, -0.2) is 0 Å². The zero-order valence-electron chi connectivity index (χ0n) is 12.6. The summed E-state index contributed by atoms with van der Waals surface area (Å²) in [5.74, 6) is 1.76. The minimum absolute atomic E-state index is 0.0250. The molecule has 1 aliphatic heterocycles. The Morgan fingerprint density at radius 2 is 2.14 bits per heavy atom. The van der Waals surface area contributed by atoms with E-state index in [1.54, 1.807) is 0 Å². The van der Waals surface area contributed by atoms with Crippen LogP contribution in [0.1, 0.15) is 35.6 Å². The highest BCUT2D eigenvalue weighted by Crippen LogP contribution is 2.26. The van der Waals surface area contributed by atoms with E-state index in [0.717, 1.165) is 29.2 Å². The van der Waals surface area contributed by atoms with E-state index in [-0.39, 0.29) is 18.0 Å². The maximum atomic E-state index is 12.4. The molecule has 1 aromatic carbocycles. The number of hydrogen-bond acceptors (Lipinski definition) is 3. The average molecular weight is 284 g/mol. The standard InChI is InChI=1S/C17H20N2O2/c1-10-8-14(12(3)21-10)11(2)18-17(20)16-9-13-6-4-5-7-15(13)19-16/h4-8,11,16,19H,9H2,1-3H3,(H,18,20)/t11?,16-/m0/s1. The third-order valence-electron chi connectivity index (χ3n) is 3.99. The molecule has 1 amide bonds. The molecule has 0 saturated carbocycles. The van der Waals surface area contributed by atoms with Crippen LogP contribution < -0.4 is 10.6 Å². The minimum Gasteiger partial charge on any atom is -0.466 e. The predicted octanol–water partition coefficient (Wildman–Crippen LogP) is 3.11. The molecule has 2 aromatic rings. The first-order valence-electron chi connectivity index (χ1n) is 7.26. The molecule has 1 aliphatic rings. The summed E-state index contributed by atoms with van der Waals surface area (Å²) in [4.78, 5) is 12.4. The van der Waals surface area contributed by atoms with Gasteiger partial charge in [0.05, 0.1) is 6.04 Å². The van der Waals surface area contributed by atoms with Crippen molar-refractivity contribution >= 4 is 11.6 Å². The van der Waals surface area contributed by atoms with Crippen molar-refractivity contribution in [1.82, 2.24) is 5.32 Å². The molecule has 110 valence electrons. The fourth-order valence-corrected chi connectivity index (χ4v) is 2.93. The van der Waals surface area contributed by atoms with Crippen LogP contribution in [0.4, 0.5) is 5.69 Å². The second-order valence-corrected chi connectivity index (χ2v) is 5.66. The van der Waals surface area contributed by atoms with Gasteiger partial charge in [0.2, 0.25) is 5.91 Å². The summed E-state index contributed by atoms with van der Waals surface area (Å²) in [7, 11) is 0. The molecule has 3 rings (SSSR count). The summed E-state index contributed by atoms with van der Waals surface area (Å²) in [6.07, 6.45) is 0.734. The predicted molar refractivity (Wildman–Crippen MR) is 82.3 cm³/mol. The number of carbonyl (C=O) groups excluding carboxylic acids is 1. The van der Waals surface area contributed by atoms with E-state index >= 15 is 0 Å². The zero-order valence-corrected chi connectivity index (χ0v) is 12.6. The molecule has 21 heavy (non-hydrogen) atoms. The maximum Gasteiger partial charge on any atom is 0.243 e. The number of anilines is 1. The van der Waals surface area contributed by atoms with Crippen molar-refractivity contribution in [2.75, 3.05) is 5.32 Å². The lowest BCUT2D eigenvalue weighted by Crippen LogP contribution is -2.39. The smallest absolute Gasteiger partial charge is 0.243 e. The van der Waals surface area contributed by atoms with E-state index in [1.807, 2.05) is 45.0 Å². The van der Waals surface area contributed by atoms with Gasteiger partial charge < -0.3 is 15.1 Å². The largest absolute Gasteiger partial charge is 0.466 e. The Morgan fingerprint density at radius 1 is 1.38 bits per heavy atom. The minimum atomic E-state index is -0.196. The van der Waals surface area contributed by atoms with Crippen LogP contribution in [0.5, 0.6) is 0 Å². The molecule has 2 N–H and O–H groups in total. The van der Waals surface area contributed by atoms with E-state index in [4.69, 9.17) is 4.42 Å². The fraction of sp³-hybridized carbons (Fsp3) is 0.353. The van der Waals surface area contributed by atoms with Crippen LogP contribution in [-0.4, -0.2) is 11.9 Å². The van der Waals surface area contributed by atoms with Crippen molar-refractivity contribution in [3.63, 3.8) is 0 Å². The number of carbonyl (C=O) groups is 1. The van der Waals surface area contributed by atoms with Gasteiger partial charge >= 0.3 is 0 Å². The highest BCUT2D eigenvalue weighted by Gasteiger charge is 2.27. The fourth-order valence-electron chi connectivity index (χ4n) is 2.93. The van der Waals surface area contributed by atoms with E-state index in [9.17, 15) is 4.79 Å². The Kier molecular flexibility index (Phi) is 3.45. The Bertz CT molecular complexity index is 650. The summed E-state index contributed by atoms with van der Waals surface area (Å²) < 4.78 is 5.53. The Balaban J connectivity index is 1.67. The van der Waals surface area contributed by atoms with E-state index < -0.39 is 0 Å². The number of amides is 1. The molecule has 2 heterocycles. The summed E-state index contributed by atoms with van der Waals surface area (Å²) in [5.41, 5.74) is 3.29. The van der Waals surface area contributed by atoms with Gasteiger partial charge in [-0.3, -0.25) is 4.79 Å². The highest BCUT2D eigenvalue weighted by molar-refractivity contribution is 5.87. The van der Waals surface area contributed by atoms with Crippen molar-refractivity contribution in [1.29, 1.82) is 0 Å². The van der Waals surface area contributed by atoms with Crippen molar-refractivity contribution < 1.29 is 9.21 Å². The van der Waals surface area contributed by atoms with E-state index in [0.29, 0.717) is 0 Å². The van der Waals surface area contributed by atoms with Gasteiger partial charge in [-0.05, 0) is 38.5 Å². The molecule has 4 nitrogen and oxygen atoms in total. The van der Waals surface area contributed by atoms with Crippen LogP contribution in [0.2, 0.25) is 0 Å². The Hall–Kier alpha value is -2.23. The highest BCUT2D eigenvalue weighted by atomic mass is 16.3. The molecule has 0 aliphatic carbocycles. The first-order valence-corrected chi connectivity index (χ1v) is 7.26. The summed E-state index contributed by atoms with van der Waals surface area (Å²) in [6, 6.07) is 9.78. The van der Waals surface area contributed by atoms with Crippen molar-refractivity contribution in [3.8, 4) is 0 Å². The number of fused-ring (bicyclic) bond motifs is 1. The number of para-hydroxylation sites is 1. The zero-order chi connectivity index (χ0) is 15.0. The second-order valence-electron chi connectivity index (χ2n) is 5.66. The SMILES string of the molecule is Cc1cc(C(C)NC(=O)[C@@H]2Cc3ccccc3N2)c(C)o1. The quantitative estimate of drug-likeness (QED) is 0.910. The van der Waals surface area contributed by atoms with Crippen molar-refractivity contribution in [2.24, 2.45) is 0 Å². The number of rotatable bonds is 3. The lowest BCUT2D eigenvalue weighted by Gasteiger charge is -2.17. The van der Waals surface area contributed by atoms with Crippen LogP contribution >= 0.6 is 0 Å². The van der Waals surface area contributed by atoms with Gasteiger partial charge in [0.15, 0.2) is 0 Å². The number of furan rings is 1. The third kappa shape index (κ3) is 2.66. The molecule has 1 aromatic heterocycles. The molecule has 4 heteroatoms. The molecule has 0 fully saturated rings. The van der Waals surface area contributed by atoms with Crippen LogP contribution in [-0.2, 0) is 11.2 Å². The van der Waals surface area contributed by atoms with Crippen molar-refractivity contribution in [3.05, 3.63) is 53.0 Å². The molecule has 1 unspecified atom stereocenters. The number of aryl methyl sites for hydroxylation is 2. The molecular formula is C17H20N2O2. The normalized spacial score (nSPS) is 18.0. The molecule has 0 bridgehead atoms. The third-order valence-corrected chi connectivity index (χ3v) is 3.99. The second kappa shape index (κ2) is 5.28. The topological polar surface area (TPSA) is 54.3 Å². The Labute approximate surface area is 124 Å². The lowest BCUT2D eigenvalue weighted by molar-refractivity contribution is -0.122. The van der Waals surface area contributed by atoms with Gasteiger partial charge in [-0.1, -0.05) is 18.2 Å². The monoisotopic (exact) mass is 284 g/mol. The molecular weight excluding hydrogens is 264 g/mol. The number of benzene rings is 1. The molecule has 2 atom stereocenters. The molecule has 0 saturated heterocycles. The van der Waals surface area contributed by atoms with Crippen LogP contribution in [0.3, 0.4) is 0 Å². The van der Waals surface area contributed by atoms with Crippen LogP contribution in [0.15, 0.2) is 34.7 Å². The molecule has 0 spiro atoms. The van der Waals surface area contributed by atoms with Crippen molar-refractivity contribution in [2.45, 2.75) is 39.3 Å². The number of nitrogens with one attached hydrogen (secondary N) is 2. The van der Waals surface area contributed by atoms with Gasteiger partial charge in [0, 0.05) is 17.7 Å². The van der Waals surface area contributed by atoms with Gasteiger partial charge in [-0.2, -0.15) is 0 Å². The summed E-state index contributed by atoms with van der Waals surface area (Å²) in [5, 5.41) is 6.34. The first kappa shape index (κ1) is 13.7. The first-order chi connectivity index (χ1) is 10.0. The average Bonchev–Trinajstić information content (AvgIpc) is 3.01. The van der Waals surface area contributed by atoms with Crippen LogP contribution in [0, 0.1) is 13.8 Å². The van der Waals surface area contributed by atoms with E-state index in [2.05, 4.69) is 16.7 Å². The van der Waals surface area contributed by atoms with Gasteiger partial charge in [0.25, 0.3) is 0 Å². The Morgan fingerprint density at radius 3 is 2.81 bits per heavy atom. The van der Waals surface area contributed by atoms with Gasteiger partial charge in [0.1, 0.15) is 17.6 Å². The van der Waals surface area contributed by atoms with Gasteiger partial charge in [-0.15, -0.1) is 0 Å². The maximum absolute atomic E-state index is 12.4. The summed E-state index contributed by atoms with van der Waals surface area (Å²) >= 11 is 0. The number of hydrogen-bond donors (Lipinski definition) is 2. The van der Waals surface area contributed by atoms with E-state index in [1.165, 1.54) is 5.56 Å². The summed E-state index contributed by atoms with van der Waals surface area (Å²) in [6.45, 7) is 5.83. The molecule has 0 radical (unpaired) electrons.